The van der Waals surface area contributed by atoms with Crippen LogP contribution < -0.4 is 16.0 Å². The van der Waals surface area contributed by atoms with Crippen molar-refractivity contribution in [3.63, 3.8) is 0 Å². The lowest BCUT2D eigenvalue weighted by Crippen LogP contribution is -2.43. The number of hydrogen-bond donors (Lipinski definition) is 3. The number of nitrogens with one attached hydrogen (secondary N) is 3. The first-order valence-corrected chi connectivity index (χ1v) is 7.32. The Morgan fingerprint density at radius 1 is 1.24 bits per heavy atom. The van der Waals surface area contributed by atoms with Crippen LogP contribution in [0.3, 0.4) is 0 Å². The van der Waals surface area contributed by atoms with E-state index in [9.17, 15) is 9.59 Å². The Bertz CT molecular complexity index is 548. The summed E-state index contributed by atoms with van der Waals surface area (Å²) in [6.07, 6.45) is 1.65. The second kappa shape index (κ2) is 6.26. The van der Waals surface area contributed by atoms with Gasteiger partial charge in [-0.3, -0.25) is 9.59 Å². The standard InChI is InChI=1S/C16H23N3O2/c1-11-12(14(20)17-3)5-4-6-13(11)19-15(21)16(2)7-9-18-10-8-16/h4-6,18H,7-10H2,1-3H3,(H,17,20)(H,19,21). The van der Waals surface area contributed by atoms with Gasteiger partial charge in [0.2, 0.25) is 5.91 Å². The second-order valence-corrected chi connectivity index (χ2v) is 5.82. The molecule has 1 aromatic carbocycles. The van der Waals surface area contributed by atoms with Gasteiger partial charge in [-0.1, -0.05) is 13.0 Å². The van der Waals surface area contributed by atoms with Gasteiger partial charge in [0.25, 0.3) is 5.91 Å². The number of benzene rings is 1. The number of rotatable bonds is 3. The number of piperidine rings is 1. The molecular formula is C16H23N3O2. The highest BCUT2D eigenvalue weighted by Gasteiger charge is 2.34. The molecule has 114 valence electrons. The summed E-state index contributed by atoms with van der Waals surface area (Å²) in [5.41, 5.74) is 1.75. The molecule has 1 heterocycles. The van der Waals surface area contributed by atoms with Crippen LogP contribution in [0.25, 0.3) is 0 Å². The molecule has 2 rings (SSSR count). The molecule has 3 N–H and O–H groups in total. The third-order valence-electron chi connectivity index (χ3n) is 4.31. The molecule has 0 saturated carbocycles. The predicted octanol–water partition coefficient (Wildman–Crippen LogP) is 1.68. The molecule has 0 unspecified atom stereocenters. The molecule has 0 aromatic heterocycles. The monoisotopic (exact) mass is 289 g/mol. The maximum Gasteiger partial charge on any atom is 0.251 e. The molecule has 0 bridgehead atoms. The number of carbonyl (C=O) groups is 2. The van der Waals surface area contributed by atoms with E-state index in [-0.39, 0.29) is 17.2 Å². The molecule has 0 atom stereocenters. The average Bonchev–Trinajstić information content (AvgIpc) is 2.49. The van der Waals surface area contributed by atoms with E-state index in [0.29, 0.717) is 11.3 Å². The van der Waals surface area contributed by atoms with Crippen molar-refractivity contribution in [1.82, 2.24) is 10.6 Å². The third-order valence-corrected chi connectivity index (χ3v) is 4.31. The zero-order chi connectivity index (χ0) is 15.5. The Kier molecular flexibility index (Phi) is 4.63. The van der Waals surface area contributed by atoms with Gasteiger partial charge in [0, 0.05) is 23.7 Å². The summed E-state index contributed by atoms with van der Waals surface area (Å²) in [6.45, 7) is 5.58. The molecule has 5 heteroatoms. The summed E-state index contributed by atoms with van der Waals surface area (Å²) >= 11 is 0. The smallest absolute Gasteiger partial charge is 0.251 e. The summed E-state index contributed by atoms with van der Waals surface area (Å²) in [6, 6.07) is 5.39. The van der Waals surface area contributed by atoms with Crippen LogP contribution in [0.4, 0.5) is 5.69 Å². The van der Waals surface area contributed by atoms with Crippen LogP contribution in [-0.2, 0) is 4.79 Å². The number of anilines is 1. The molecule has 1 aliphatic heterocycles. The van der Waals surface area contributed by atoms with Crippen LogP contribution in [0.15, 0.2) is 18.2 Å². The van der Waals surface area contributed by atoms with Gasteiger partial charge in [-0.2, -0.15) is 0 Å². The zero-order valence-electron chi connectivity index (χ0n) is 12.9. The average molecular weight is 289 g/mol. The Balaban J connectivity index is 2.19. The molecule has 0 aliphatic carbocycles. The Hall–Kier alpha value is -1.88. The Morgan fingerprint density at radius 3 is 2.52 bits per heavy atom. The molecule has 1 aromatic rings. The maximum atomic E-state index is 12.6. The zero-order valence-corrected chi connectivity index (χ0v) is 12.9. The van der Waals surface area contributed by atoms with Crippen LogP contribution in [0, 0.1) is 12.3 Å². The molecule has 0 radical (unpaired) electrons. The van der Waals surface area contributed by atoms with Gasteiger partial charge < -0.3 is 16.0 Å². The van der Waals surface area contributed by atoms with Gasteiger partial charge in [-0.15, -0.1) is 0 Å². The van der Waals surface area contributed by atoms with Crippen LogP contribution >= 0.6 is 0 Å². The summed E-state index contributed by atoms with van der Waals surface area (Å²) < 4.78 is 0. The lowest BCUT2D eigenvalue weighted by Gasteiger charge is -2.32. The van der Waals surface area contributed by atoms with E-state index >= 15 is 0 Å². The van der Waals surface area contributed by atoms with Crippen molar-refractivity contribution in [2.24, 2.45) is 5.41 Å². The Labute approximate surface area is 125 Å². The summed E-state index contributed by atoms with van der Waals surface area (Å²) in [4.78, 5) is 24.4. The number of hydrogen-bond acceptors (Lipinski definition) is 3. The van der Waals surface area contributed by atoms with Crippen molar-refractivity contribution in [1.29, 1.82) is 0 Å². The molecule has 1 fully saturated rings. The second-order valence-electron chi connectivity index (χ2n) is 5.82. The van der Waals surface area contributed by atoms with Crippen molar-refractivity contribution in [3.8, 4) is 0 Å². The summed E-state index contributed by atoms with van der Waals surface area (Å²) in [5.74, 6) is -0.113. The topological polar surface area (TPSA) is 70.2 Å². The minimum atomic E-state index is -0.347. The number of amides is 2. The van der Waals surface area contributed by atoms with Gasteiger partial charge in [0.15, 0.2) is 0 Å². The van der Waals surface area contributed by atoms with Crippen molar-refractivity contribution in [2.45, 2.75) is 26.7 Å². The first-order valence-electron chi connectivity index (χ1n) is 7.32. The molecule has 21 heavy (non-hydrogen) atoms. The van der Waals surface area contributed by atoms with Gasteiger partial charge in [0.1, 0.15) is 0 Å². The van der Waals surface area contributed by atoms with E-state index < -0.39 is 0 Å². The molecule has 1 saturated heterocycles. The quantitative estimate of drug-likeness (QED) is 0.793. The predicted molar refractivity (Wildman–Crippen MR) is 83.4 cm³/mol. The molecule has 5 nitrogen and oxygen atoms in total. The lowest BCUT2D eigenvalue weighted by atomic mass is 9.80. The van der Waals surface area contributed by atoms with Crippen LogP contribution in [0.1, 0.15) is 35.7 Å². The Morgan fingerprint density at radius 2 is 1.90 bits per heavy atom. The van der Waals surface area contributed by atoms with E-state index in [1.165, 1.54) is 0 Å². The first-order chi connectivity index (χ1) is 9.98. The van der Waals surface area contributed by atoms with E-state index in [0.717, 1.165) is 31.5 Å². The third kappa shape index (κ3) is 3.24. The fourth-order valence-corrected chi connectivity index (χ4v) is 2.63. The van der Waals surface area contributed by atoms with Gasteiger partial charge in [-0.25, -0.2) is 0 Å². The van der Waals surface area contributed by atoms with Crippen LogP contribution in [-0.4, -0.2) is 32.0 Å². The molecule has 0 spiro atoms. The van der Waals surface area contributed by atoms with Crippen molar-refractivity contribution in [3.05, 3.63) is 29.3 Å². The lowest BCUT2D eigenvalue weighted by molar-refractivity contribution is -0.126. The normalized spacial score (nSPS) is 17.1. The first kappa shape index (κ1) is 15.5. The highest BCUT2D eigenvalue weighted by atomic mass is 16.2. The van der Waals surface area contributed by atoms with Crippen LogP contribution in [0.5, 0.6) is 0 Å². The summed E-state index contributed by atoms with van der Waals surface area (Å²) in [7, 11) is 1.60. The van der Waals surface area contributed by atoms with Gasteiger partial charge in [-0.05, 0) is 50.6 Å². The van der Waals surface area contributed by atoms with Gasteiger partial charge in [0.05, 0.1) is 0 Å². The molecule has 2 amide bonds. The summed E-state index contributed by atoms with van der Waals surface area (Å²) in [5, 5.41) is 8.88. The van der Waals surface area contributed by atoms with Gasteiger partial charge >= 0.3 is 0 Å². The molecular weight excluding hydrogens is 266 g/mol. The molecule has 1 aliphatic rings. The van der Waals surface area contributed by atoms with E-state index in [4.69, 9.17) is 0 Å². The maximum absolute atomic E-state index is 12.6. The fourth-order valence-electron chi connectivity index (χ4n) is 2.63. The van der Waals surface area contributed by atoms with Crippen molar-refractivity contribution < 1.29 is 9.59 Å². The van der Waals surface area contributed by atoms with E-state index in [1.807, 2.05) is 19.9 Å². The van der Waals surface area contributed by atoms with Crippen molar-refractivity contribution in [2.75, 3.05) is 25.5 Å². The fraction of sp³-hybridized carbons (Fsp3) is 0.500. The largest absolute Gasteiger partial charge is 0.355 e. The highest BCUT2D eigenvalue weighted by Crippen LogP contribution is 2.30. The SMILES string of the molecule is CNC(=O)c1cccc(NC(=O)C2(C)CCNCC2)c1C. The van der Waals surface area contributed by atoms with E-state index in [2.05, 4.69) is 16.0 Å². The minimum absolute atomic E-state index is 0.0288. The highest BCUT2D eigenvalue weighted by molar-refractivity contribution is 6.00. The van der Waals surface area contributed by atoms with Crippen molar-refractivity contribution >= 4 is 17.5 Å². The van der Waals surface area contributed by atoms with E-state index in [1.54, 1.807) is 19.2 Å². The van der Waals surface area contributed by atoms with Crippen LogP contribution in [0.2, 0.25) is 0 Å². The minimum Gasteiger partial charge on any atom is -0.355 e. The number of carbonyl (C=O) groups excluding carboxylic acids is 2.